The largest absolute Gasteiger partial charge is 0.454 e. The molecule has 0 saturated carbocycles. The van der Waals surface area contributed by atoms with Gasteiger partial charge in [0.05, 0.1) is 11.7 Å². The molecule has 15 heavy (non-hydrogen) atoms. The van der Waals surface area contributed by atoms with Crippen LogP contribution in [-0.2, 0) is 4.74 Å². The molecule has 1 N–H and O–H groups in total. The van der Waals surface area contributed by atoms with Crippen molar-refractivity contribution in [3.05, 3.63) is 48.0 Å². The average Bonchev–Trinajstić information content (AvgIpc) is 2.65. The molecule has 0 aliphatic heterocycles. The van der Waals surface area contributed by atoms with Gasteiger partial charge in [0, 0.05) is 6.42 Å². The molecule has 3 heteroatoms. The van der Waals surface area contributed by atoms with Gasteiger partial charge in [-0.05, 0) is 18.2 Å². The summed E-state index contributed by atoms with van der Waals surface area (Å²) >= 11 is 0. The smallest absolute Gasteiger partial charge is 0.338 e. The lowest BCUT2D eigenvalue weighted by molar-refractivity contribution is 0.0348. The van der Waals surface area contributed by atoms with Gasteiger partial charge in [-0.25, -0.2) is 4.79 Å². The van der Waals surface area contributed by atoms with E-state index in [2.05, 4.69) is 0 Å². The maximum atomic E-state index is 11.6. The van der Waals surface area contributed by atoms with Gasteiger partial charge in [0.15, 0.2) is 0 Å². The molecule has 1 aromatic carbocycles. The quantitative estimate of drug-likeness (QED) is 0.587. The van der Waals surface area contributed by atoms with Crippen LogP contribution in [0.25, 0.3) is 0 Å². The van der Waals surface area contributed by atoms with E-state index in [4.69, 9.17) is 4.74 Å². The molecule has 0 heterocycles. The molecule has 0 fully saturated rings. The Morgan fingerprint density at radius 3 is 2.60 bits per heavy atom. The van der Waals surface area contributed by atoms with E-state index in [-0.39, 0.29) is 12.1 Å². The minimum absolute atomic E-state index is 0.298. The first-order valence-corrected chi connectivity index (χ1v) is 4.88. The summed E-state index contributed by atoms with van der Waals surface area (Å²) in [6.45, 7) is 0. The van der Waals surface area contributed by atoms with Crippen LogP contribution in [0.1, 0.15) is 16.8 Å². The van der Waals surface area contributed by atoms with E-state index in [1.165, 1.54) is 0 Å². The van der Waals surface area contributed by atoms with Crippen molar-refractivity contribution >= 4 is 5.97 Å². The lowest BCUT2D eigenvalue weighted by Crippen LogP contribution is -2.16. The normalized spacial score (nSPS) is 24.1. The summed E-state index contributed by atoms with van der Waals surface area (Å²) in [5, 5.41) is 9.20. The van der Waals surface area contributed by atoms with Gasteiger partial charge in [-0.2, -0.15) is 0 Å². The molecular formula is C12H12O3. The first-order valence-electron chi connectivity index (χ1n) is 4.88. The van der Waals surface area contributed by atoms with Crippen molar-refractivity contribution in [3.8, 4) is 0 Å². The van der Waals surface area contributed by atoms with E-state index >= 15 is 0 Å². The van der Waals surface area contributed by atoms with Crippen molar-refractivity contribution in [2.75, 3.05) is 0 Å². The Hall–Kier alpha value is -1.61. The Labute approximate surface area is 88.0 Å². The third kappa shape index (κ3) is 2.44. The monoisotopic (exact) mass is 204 g/mol. The maximum absolute atomic E-state index is 11.6. The van der Waals surface area contributed by atoms with E-state index < -0.39 is 6.10 Å². The van der Waals surface area contributed by atoms with Crippen molar-refractivity contribution in [3.63, 3.8) is 0 Å². The summed E-state index contributed by atoms with van der Waals surface area (Å²) in [6, 6.07) is 8.83. The van der Waals surface area contributed by atoms with Gasteiger partial charge in [0.25, 0.3) is 0 Å². The number of hydrogen-bond acceptors (Lipinski definition) is 3. The SMILES string of the molecule is O=C(OC1C=CC(O)C1)c1ccccc1. The minimum atomic E-state index is -0.487. The van der Waals surface area contributed by atoms with E-state index in [0.717, 1.165) is 0 Å². The molecule has 3 nitrogen and oxygen atoms in total. The van der Waals surface area contributed by atoms with Crippen LogP contribution in [0.5, 0.6) is 0 Å². The Bertz CT molecular complexity index is 370. The summed E-state index contributed by atoms with van der Waals surface area (Å²) in [6.07, 6.45) is 3.03. The molecule has 1 aromatic rings. The highest BCUT2D eigenvalue weighted by Gasteiger charge is 2.20. The molecule has 2 rings (SSSR count). The van der Waals surface area contributed by atoms with Gasteiger partial charge >= 0.3 is 5.97 Å². The third-order valence-electron chi connectivity index (χ3n) is 2.29. The molecule has 1 aliphatic carbocycles. The van der Waals surface area contributed by atoms with Crippen LogP contribution >= 0.6 is 0 Å². The number of ether oxygens (including phenoxy) is 1. The topological polar surface area (TPSA) is 46.5 Å². The number of carbonyl (C=O) groups is 1. The van der Waals surface area contributed by atoms with E-state index in [1.54, 1.807) is 36.4 Å². The predicted octanol–water partition coefficient (Wildman–Crippen LogP) is 1.53. The van der Waals surface area contributed by atoms with Crippen LogP contribution in [0, 0.1) is 0 Å². The molecule has 2 unspecified atom stereocenters. The number of hydrogen-bond donors (Lipinski definition) is 1. The number of aliphatic hydroxyl groups excluding tert-OH is 1. The predicted molar refractivity (Wildman–Crippen MR) is 55.4 cm³/mol. The zero-order chi connectivity index (χ0) is 10.7. The van der Waals surface area contributed by atoms with Crippen molar-refractivity contribution in [2.45, 2.75) is 18.6 Å². The van der Waals surface area contributed by atoms with Crippen LogP contribution in [0.4, 0.5) is 0 Å². The van der Waals surface area contributed by atoms with Gasteiger partial charge in [0.1, 0.15) is 6.10 Å². The van der Waals surface area contributed by atoms with E-state index in [9.17, 15) is 9.90 Å². The Balaban J connectivity index is 1.96. The van der Waals surface area contributed by atoms with Crippen molar-refractivity contribution in [1.82, 2.24) is 0 Å². The van der Waals surface area contributed by atoms with Gasteiger partial charge in [-0.3, -0.25) is 0 Å². The zero-order valence-corrected chi connectivity index (χ0v) is 8.17. The Morgan fingerprint density at radius 2 is 2.00 bits per heavy atom. The molecule has 0 amide bonds. The number of aliphatic hydroxyl groups is 1. The summed E-state index contributed by atoms with van der Waals surface area (Å²) in [4.78, 5) is 11.6. The molecule has 0 spiro atoms. The van der Waals surface area contributed by atoms with Gasteiger partial charge in [0.2, 0.25) is 0 Å². The lowest BCUT2D eigenvalue weighted by atomic mass is 10.2. The molecule has 0 saturated heterocycles. The third-order valence-corrected chi connectivity index (χ3v) is 2.29. The lowest BCUT2D eigenvalue weighted by Gasteiger charge is -2.10. The molecule has 78 valence electrons. The average molecular weight is 204 g/mol. The minimum Gasteiger partial charge on any atom is -0.454 e. The fourth-order valence-corrected chi connectivity index (χ4v) is 1.51. The fourth-order valence-electron chi connectivity index (χ4n) is 1.51. The van der Waals surface area contributed by atoms with Crippen LogP contribution in [0.15, 0.2) is 42.5 Å². The van der Waals surface area contributed by atoms with Gasteiger partial charge in [-0.15, -0.1) is 0 Å². The second-order valence-electron chi connectivity index (χ2n) is 3.50. The van der Waals surface area contributed by atoms with Gasteiger partial charge < -0.3 is 9.84 Å². The number of benzene rings is 1. The molecule has 2 atom stereocenters. The standard InChI is InChI=1S/C12H12O3/c13-10-6-7-11(8-10)15-12(14)9-4-2-1-3-5-9/h1-7,10-11,13H,8H2. The van der Waals surface area contributed by atoms with Crippen LogP contribution in [0.3, 0.4) is 0 Å². The van der Waals surface area contributed by atoms with E-state index in [0.29, 0.717) is 12.0 Å². The Morgan fingerprint density at radius 1 is 1.27 bits per heavy atom. The van der Waals surface area contributed by atoms with Crippen LogP contribution in [-0.4, -0.2) is 23.3 Å². The highest BCUT2D eigenvalue weighted by atomic mass is 16.5. The first-order chi connectivity index (χ1) is 7.25. The molecule has 0 aromatic heterocycles. The highest BCUT2D eigenvalue weighted by Crippen LogP contribution is 2.15. The van der Waals surface area contributed by atoms with Crippen molar-refractivity contribution in [1.29, 1.82) is 0 Å². The van der Waals surface area contributed by atoms with E-state index in [1.807, 2.05) is 6.07 Å². The molecular weight excluding hydrogens is 192 g/mol. The second-order valence-corrected chi connectivity index (χ2v) is 3.50. The first kappa shape index (κ1) is 9.93. The maximum Gasteiger partial charge on any atom is 0.338 e. The number of carbonyl (C=O) groups excluding carboxylic acids is 1. The summed E-state index contributed by atoms with van der Waals surface area (Å²) < 4.78 is 5.18. The highest BCUT2D eigenvalue weighted by molar-refractivity contribution is 5.89. The van der Waals surface area contributed by atoms with Crippen molar-refractivity contribution < 1.29 is 14.6 Å². The summed E-state index contributed by atoms with van der Waals surface area (Å²) in [5.74, 6) is -0.348. The van der Waals surface area contributed by atoms with Crippen molar-refractivity contribution in [2.24, 2.45) is 0 Å². The fraction of sp³-hybridized carbons (Fsp3) is 0.250. The second kappa shape index (κ2) is 4.28. The Kier molecular flexibility index (Phi) is 2.83. The van der Waals surface area contributed by atoms with Crippen LogP contribution < -0.4 is 0 Å². The summed E-state index contributed by atoms with van der Waals surface area (Å²) in [7, 11) is 0. The molecule has 0 radical (unpaired) electrons. The molecule has 0 bridgehead atoms. The summed E-state index contributed by atoms with van der Waals surface area (Å²) in [5.41, 5.74) is 0.535. The number of esters is 1. The van der Waals surface area contributed by atoms with Crippen LogP contribution in [0.2, 0.25) is 0 Å². The zero-order valence-electron chi connectivity index (χ0n) is 8.17. The molecule has 1 aliphatic rings. The number of rotatable bonds is 2. The van der Waals surface area contributed by atoms with Gasteiger partial charge in [-0.1, -0.05) is 24.3 Å².